The van der Waals surface area contributed by atoms with Gasteiger partial charge in [0.1, 0.15) is 0 Å². The summed E-state index contributed by atoms with van der Waals surface area (Å²) in [4.78, 5) is 14.9. The van der Waals surface area contributed by atoms with Gasteiger partial charge in [0.15, 0.2) is 11.6 Å². The van der Waals surface area contributed by atoms with E-state index in [1.54, 1.807) is 18.2 Å². The van der Waals surface area contributed by atoms with Gasteiger partial charge in [-0.05, 0) is 6.07 Å². The van der Waals surface area contributed by atoms with Gasteiger partial charge in [-0.2, -0.15) is 5.10 Å². The molecule has 1 heterocycles. The third-order valence-corrected chi connectivity index (χ3v) is 2.87. The first-order valence-electron chi connectivity index (χ1n) is 5.97. The van der Waals surface area contributed by atoms with E-state index in [1.165, 1.54) is 6.07 Å². The van der Waals surface area contributed by atoms with Crippen molar-refractivity contribution in [3.8, 4) is 22.8 Å². The van der Waals surface area contributed by atoms with Crippen molar-refractivity contribution in [2.75, 3.05) is 0 Å². The third kappa shape index (κ3) is 2.14. The van der Waals surface area contributed by atoms with Crippen LogP contribution < -0.4 is 0 Å². The number of rotatable bonds is 3. The number of nitro benzene ring substituents is 1. The first-order chi connectivity index (χ1) is 9.75. The van der Waals surface area contributed by atoms with Gasteiger partial charge in [0.25, 0.3) is 5.69 Å². The molecule has 0 fully saturated rings. The van der Waals surface area contributed by atoms with Crippen LogP contribution in [0.5, 0.6) is 0 Å². The smallest absolute Gasteiger partial charge is 0.258 e. The van der Waals surface area contributed by atoms with Gasteiger partial charge in [-0.3, -0.25) is 15.2 Å². The maximum atomic E-state index is 11.0. The molecule has 20 heavy (non-hydrogen) atoms. The highest BCUT2D eigenvalue weighted by Gasteiger charge is 2.17. The molecule has 0 amide bonds. The second-order valence-electron chi connectivity index (χ2n) is 4.15. The summed E-state index contributed by atoms with van der Waals surface area (Å²) in [5, 5.41) is 17.9. The number of nitro groups is 1. The van der Waals surface area contributed by atoms with Gasteiger partial charge < -0.3 is 0 Å². The summed E-state index contributed by atoms with van der Waals surface area (Å²) in [6.07, 6.45) is 0. The summed E-state index contributed by atoms with van der Waals surface area (Å²) >= 11 is 0. The lowest BCUT2D eigenvalue weighted by molar-refractivity contribution is -0.384. The van der Waals surface area contributed by atoms with Gasteiger partial charge in [-0.15, -0.1) is 0 Å². The van der Waals surface area contributed by atoms with Crippen LogP contribution in [0.4, 0.5) is 5.69 Å². The van der Waals surface area contributed by atoms with Gasteiger partial charge >= 0.3 is 0 Å². The summed E-state index contributed by atoms with van der Waals surface area (Å²) in [6, 6.07) is 15.9. The molecule has 0 radical (unpaired) electrons. The second kappa shape index (κ2) is 4.93. The maximum Gasteiger partial charge on any atom is 0.280 e. The first-order valence-corrected chi connectivity index (χ1v) is 5.97. The highest BCUT2D eigenvalue weighted by molar-refractivity contribution is 5.69. The Hall–Kier alpha value is -3.02. The second-order valence-corrected chi connectivity index (χ2v) is 4.15. The average Bonchev–Trinajstić information content (AvgIpc) is 2.98. The van der Waals surface area contributed by atoms with Crippen molar-refractivity contribution in [3.63, 3.8) is 0 Å². The minimum Gasteiger partial charge on any atom is -0.258 e. The van der Waals surface area contributed by atoms with Crippen LogP contribution in [0.2, 0.25) is 0 Å². The van der Waals surface area contributed by atoms with E-state index < -0.39 is 4.92 Å². The number of aromatic nitrogens is 3. The molecule has 6 heteroatoms. The fourth-order valence-electron chi connectivity index (χ4n) is 1.93. The Labute approximate surface area is 114 Å². The SMILES string of the molecule is O=[N+]([O-])c1ccccc1-c1nc(-c2ccccc2)n[nH]1. The zero-order valence-electron chi connectivity index (χ0n) is 10.4. The van der Waals surface area contributed by atoms with Crippen molar-refractivity contribution in [2.45, 2.75) is 0 Å². The highest BCUT2D eigenvalue weighted by Crippen LogP contribution is 2.27. The molecule has 0 bridgehead atoms. The van der Waals surface area contributed by atoms with Gasteiger partial charge in [0.2, 0.25) is 0 Å². The maximum absolute atomic E-state index is 11.0. The van der Waals surface area contributed by atoms with E-state index in [0.717, 1.165) is 5.56 Å². The van der Waals surface area contributed by atoms with E-state index >= 15 is 0 Å². The first kappa shape index (κ1) is 12.0. The quantitative estimate of drug-likeness (QED) is 0.583. The highest BCUT2D eigenvalue weighted by atomic mass is 16.6. The third-order valence-electron chi connectivity index (χ3n) is 2.87. The lowest BCUT2D eigenvalue weighted by Crippen LogP contribution is -1.92. The van der Waals surface area contributed by atoms with Gasteiger partial charge in [0, 0.05) is 11.6 Å². The molecule has 6 nitrogen and oxygen atoms in total. The van der Waals surface area contributed by atoms with E-state index in [0.29, 0.717) is 17.2 Å². The van der Waals surface area contributed by atoms with E-state index in [2.05, 4.69) is 15.2 Å². The Morgan fingerprint density at radius 2 is 1.70 bits per heavy atom. The molecule has 2 aromatic carbocycles. The predicted molar refractivity (Wildman–Crippen MR) is 73.9 cm³/mol. The minimum atomic E-state index is -0.431. The molecule has 0 aliphatic heterocycles. The molecular weight excluding hydrogens is 256 g/mol. The molecule has 0 saturated heterocycles. The number of hydrogen-bond acceptors (Lipinski definition) is 4. The van der Waals surface area contributed by atoms with Crippen molar-refractivity contribution in [1.29, 1.82) is 0 Å². The van der Waals surface area contributed by atoms with Crippen LogP contribution in [-0.2, 0) is 0 Å². The van der Waals surface area contributed by atoms with E-state index in [4.69, 9.17) is 0 Å². The Morgan fingerprint density at radius 3 is 2.45 bits per heavy atom. The summed E-state index contributed by atoms with van der Waals surface area (Å²) in [5.74, 6) is 0.898. The van der Waals surface area contributed by atoms with Crippen molar-refractivity contribution in [2.24, 2.45) is 0 Å². The molecule has 3 aromatic rings. The number of hydrogen-bond donors (Lipinski definition) is 1. The van der Waals surface area contributed by atoms with Crippen molar-refractivity contribution < 1.29 is 4.92 Å². The lowest BCUT2D eigenvalue weighted by Gasteiger charge is -1.97. The van der Waals surface area contributed by atoms with Crippen LogP contribution >= 0.6 is 0 Å². The average molecular weight is 266 g/mol. The van der Waals surface area contributed by atoms with Crippen molar-refractivity contribution >= 4 is 5.69 Å². The van der Waals surface area contributed by atoms with Crippen LogP contribution in [0.1, 0.15) is 0 Å². The number of para-hydroxylation sites is 1. The topological polar surface area (TPSA) is 84.7 Å². The molecule has 3 rings (SSSR count). The molecule has 0 spiro atoms. The zero-order valence-corrected chi connectivity index (χ0v) is 10.4. The molecule has 0 saturated carbocycles. The van der Waals surface area contributed by atoms with Gasteiger partial charge in [0.05, 0.1) is 10.5 Å². The number of benzene rings is 2. The molecule has 1 aromatic heterocycles. The standard InChI is InChI=1S/C14H10N4O2/c19-18(20)12-9-5-4-8-11(12)14-15-13(16-17-14)10-6-2-1-3-7-10/h1-9H,(H,15,16,17). The molecule has 0 atom stereocenters. The summed E-state index contributed by atoms with van der Waals surface area (Å²) < 4.78 is 0. The largest absolute Gasteiger partial charge is 0.280 e. The molecule has 0 aliphatic rings. The number of nitrogens with zero attached hydrogens (tertiary/aromatic N) is 3. The number of nitrogens with one attached hydrogen (secondary N) is 1. The summed E-state index contributed by atoms with van der Waals surface area (Å²) in [6.45, 7) is 0. The predicted octanol–water partition coefficient (Wildman–Crippen LogP) is 3.05. The molecule has 0 aliphatic carbocycles. The van der Waals surface area contributed by atoms with Crippen LogP contribution in [0.25, 0.3) is 22.8 Å². The van der Waals surface area contributed by atoms with Crippen LogP contribution in [0.15, 0.2) is 54.6 Å². The summed E-state index contributed by atoms with van der Waals surface area (Å²) in [7, 11) is 0. The van der Waals surface area contributed by atoms with E-state index in [9.17, 15) is 10.1 Å². The lowest BCUT2D eigenvalue weighted by atomic mass is 10.1. The fourth-order valence-corrected chi connectivity index (χ4v) is 1.93. The molecule has 98 valence electrons. The Morgan fingerprint density at radius 1 is 1.00 bits per heavy atom. The summed E-state index contributed by atoms with van der Waals surface area (Å²) in [5.41, 5.74) is 1.28. The van der Waals surface area contributed by atoms with Crippen LogP contribution in [-0.4, -0.2) is 20.1 Å². The van der Waals surface area contributed by atoms with Gasteiger partial charge in [-0.1, -0.05) is 42.5 Å². The molecule has 1 N–H and O–H groups in total. The Kier molecular flexibility index (Phi) is 2.96. The van der Waals surface area contributed by atoms with Crippen LogP contribution in [0, 0.1) is 10.1 Å². The molecular formula is C14H10N4O2. The Balaban J connectivity index is 2.05. The van der Waals surface area contributed by atoms with Crippen molar-refractivity contribution in [3.05, 3.63) is 64.7 Å². The fraction of sp³-hybridized carbons (Fsp3) is 0. The monoisotopic (exact) mass is 266 g/mol. The normalized spacial score (nSPS) is 10.4. The number of aromatic amines is 1. The van der Waals surface area contributed by atoms with Crippen molar-refractivity contribution in [1.82, 2.24) is 15.2 Å². The van der Waals surface area contributed by atoms with Gasteiger partial charge in [-0.25, -0.2) is 4.98 Å². The molecule has 0 unspecified atom stereocenters. The van der Waals surface area contributed by atoms with E-state index in [1.807, 2.05) is 30.3 Å². The Bertz CT molecular complexity index is 753. The van der Waals surface area contributed by atoms with Crippen LogP contribution in [0.3, 0.4) is 0 Å². The van der Waals surface area contributed by atoms with E-state index in [-0.39, 0.29) is 5.69 Å². The zero-order chi connectivity index (χ0) is 13.9. The number of H-pyrrole nitrogens is 1. The minimum absolute atomic E-state index is 0.00302.